The van der Waals surface area contributed by atoms with E-state index < -0.39 is 0 Å². The summed E-state index contributed by atoms with van der Waals surface area (Å²) < 4.78 is 7.33. The lowest BCUT2D eigenvalue weighted by Crippen LogP contribution is -2.04. The standard InChI is InChI=1S/C21H19ClN4O/c1-14-3-7-16(8-4-14)20-21(27-2)26-19(24-20)12-11-18(25-26)23-13-15-5-9-17(22)10-6-15/h3-12H,13H2,1-2H3,(H,23,25). The van der Waals surface area contributed by atoms with E-state index in [0.29, 0.717) is 12.4 Å². The van der Waals surface area contributed by atoms with Gasteiger partial charge in [-0.2, -0.15) is 4.52 Å². The lowest BCUT2D eigenvalue weighted by Gasteiger charge is -2.07. The molecule has 5 nitrogen and oxygen atoms in total. The summed E-state index contributed by atoms with van der Waals surface area (Å²) >= 11 is 5.93. The van der Waals surface area contributed by atoms with Crippen LogP contribution < -0.4 is 10.1 Å². The van der Waals surface area contributed by atoms with Gasteiger partial charge in [0.05, 0.1) is 7.11 Å². The number of benzene rings is 2. The van der Waals surface area contributed by atoms with Gasteiger partial charge in [0.1, 0.15) is 11.5 Å². The van der Waals surface area contributed by atoms with Gasteiger partial charge in [-0.3, -0.25) is 0 Å². The van der Waals surface area contributed by atoms with Crippen LogP contribution in [-0.4, -0.2) is 21.7 Å². The Morgan fingerprint density at radius 1 is 1.00 bits per heavy atom. The zero-order valence-electron chi connectivity index (χ0n) is 15.1. The Bertz CT molecular complexity index is 1070. The molecule has 0 saturated carbocycles. The number of halogens is 1. The number of imidazole rings is 1. The van der Waals surface area contributed by atoms with Crippen LogP contribution in [0.1, 0.15) is 11.1 Å². The summed E-state index contributed by atoms with van der Waals surface area (Å²) in [4.78, 5) is 4.69. The molecule has 0 radical (unpaired) electrons. The first-order chi connectivity index (χ1) is 13.1. The van der Waals surface area contributed by atoms with Crippen molar-refractivity contribution in [2.24, 2.45) is 0 Å². The first-order valence-electron chi connectivity index (χ1n) is 8.63. The van der Waals surface area contributed by atoms with E-state index in [9.17, 15) is 0 Å². The number of hydrogen-bond acceptors (Lipinski definition) is 4. The fourth-order valence-electron chi connectivity index (χ4n) is 2.88. The highest BCUT2D eigenvalue weighted by atomic mass is 35.5. The van der Waals surface area contributed by atoms with E-state index in [1.54, 1.807) is 11.6 Å². The van der Waals surface area contributed by atoms with Crippen molar-refractivity contribution in [1.29, 1.82) is 0 Å². The molecule has 136 valence electrons. The molecular formula is C21H19ClN4O. The van der Waals surface area contributed by atoms with Crippen LogP contribution in [0, 0.1) is 6.92 Å². The second-order valence-electron chi connectivity index (χ2n) is 6.30. The van der Waals surface area contributed by atoms with Crippen molar-refractivity contribution >= 4 is 23.1 Å². The number of nitrogens with zero attached hydrogens (tertiary/aromatic N) is 3. The van der Waals surface area contributed by atoms with E-state index in [0.717, 1.165) is 33.3 Å². The summed E-state index contributed by atoms with van der Waals surface area (Å²) in [6, 6.07) is 19.8. The Morgan fingerprint density at radius 2 is 1.74 bits per heavy atom. The maximum Gasteiger partial charge on any atom is 0.243 e. The van der Waals surface area contributed by atoms with Gasteiger partial charge in [0.2, 0.25) is 5.88 Å². The molecule has 2 aromatic carbocycles. The minimum Gasteiger partial charge on any atom is -0.479 e. The van der Waals surface area contributed by atoms with Crippen molar-refractivity contribution in [3.63, 3.8) is 0 Å². The zero-order chi connectivity index (χ0) is 18.8. The second kappa shape index (κ2) is 7.29. The van der Waals surface area contributed by atoms with E-state index >= 15 is 0 Å². The molecule has 0 atom stereocenters. The first-order valence-corrected chi connectivity index (χ1v) is 9.01. The van der Waals surface area contributed by atoms with Crippen molar-refractivity contribution < 1.29 is 4.74 Å². The van der Waals surface area contributed by atoms with Crippen LogP contribution in [0.4, 0.5) is 5.82 Å². The van der Waals surface area contributed by atoms with Gasteiger partial charge < -0.3 is 10.1 Å². The Morgan fingerprint density at radius 3 is 2.44 bits per heavy atom. The fraction of sp³-hybridized carbons (Fsp3) is 0.143. The summed E-state index contributed by atoms with van der Waals surface area (Å²) in [6.45, 7) is 2.71. The highest BCUT2D eigenvalue weighted by molar-refractivity contribution is 6.30. The minimum atomic E-state index is 0.615. The number of fused-ring (bicyclic) bond motifs is 1. The first kappa shape index (κ1) is 17.4. The number of rotatable bonds is 5. The van der Waals surface area contributed by atoms with Crippen LogP contribution in [0.5, 0.6) is 5.88 Å². The van der Waals surface area contributed by atoms with E-state index in [1.165, 1.54) is 5.56 Å². The third kappa shape index (κ3) is 3.59. The van der Waals surface area contributed by atoms with Gasteiger partial charge in [-0.05, 0) is 36.8 Å². The van der Waals surface area contributed by atoms with Crippen molar-refractivity contribution in [1.82, 2.24) is 14.6 Å². The zero-order valence-corrected chi connectivity index (χ0v) is 15.9. The molecule has 2 aromatic heterocycles. The molecule has 0 spiro atoms. The Kier molecular flexibility index (Phi) is 4.69. The summed E-state index contributed by atoms with van der Waals surface area (Å²) in [6.07, 6.45) is 0. The molecule has 0 unspecified atom stereocenters. The predicted molar refractivity (Wildman–Crippen MR) is 108 cm³/mol. The van der Waals surface area contributed by atoms with Crippen molar-refractivity contribution in [2.75, 3.05) is 12.4 Å². The molecule has 0 aliphatic carbocycles. The number of methoxy groups -OCH3 is 1. The molecule has 6 heteroatoms. The molecular weight excluding hydrogens is 360 g/mol. The minimum absolute atomic E-state index is 0.615. The monoisotopic (exact) mass is 378 g/mol. The smallest absolute Gasteiger partial charge is 0.243 e. The van der Waals surface area contributed by atoms with Gasteiger partial charge in [-0.15, -0.1) is 5.10 Å². The Hall–Kier alpha value is -3.05. The average molecular weight is 379 g/mol. The highest BCUT2D eigenvalue weighted by Crippen LogP contribution is 2.30. The molecule has 0 saturated heterocycles. The van der Waals surface area contributed by atoms with Crippen LogP contribution in [0.15, 0.2) is 60.7 Å². The average Bonchev–Trinajstić information content (AvgIpc) is 3.06. The maximum absolute atomic E-state index is 5.93. The number of ether oxygens (including phenoxy) is 1. The molecule has 0 aliphatic heterocycles. The van der Waals surface area contributed by atoms with Crippen LogP contribution in [0.25, 0.3) is 16.9 Å². The van der Waals surface area contributed by atoms with Crippen molar-refractivity contribution in [2.45, 2.75) is 13.5 Å². The molecule has 4 rings (SSSR count). The Labute approximate surface area is 162 Å². The number of nitrogens with one attached hydrogen (secondary N) is 1. The van der Waals surface area contributed by atoms with E-state index in [1.807, 2.05) is 48.5 Å². The van der Waals surface area contributed by atoms with Gasteiger partial charge in [-0.1, -0.05) is 53.6 Å². The molecule has 27 heavy (non-hydrogen) atoms. The topological polar surface area (TPSA) is 51.5 Å². The second-order valence-corrected chi connectivity index (χ2v) is 6.74. The van der Waals surface area contributed by atoms with Gasteiger partial charge in [-0.25, -0.2) is 4.98 Å². The molecule has 0 bridgehead atoms. The molecule has 2 heterocycles. The lowest BCUT2D eigenvalue weighted by atomic mass is 10.1. The number of anilines is 1. The number of hydrogen-bond donors (Lipinski definition) is 1. The van der Waals surface area contributed by atoms with Crippen LogP contribution in [-0.2, 0) is 6.54 Å². The van der Waals surface area contributed by atoms with E-state index in [4.69, 9.17) is 16.3 Å². The molecule has 0 amide bonds. The molecule has 1 N–H and O–H groups in total. The van der Waals surface area contributed by atoms with Crippen LogP contribution >= 0.6 is 11.6 Å². The number of aromatic nitrogens is 3. The predicted octanol–water partition coefficient (Wildman–Crippen LogP) is 4.98. The van der Waals surface area contributed by atoms with Gasteiger partial charge >= 0.3 is 0 Å². The fourth-order valence-corrected chi connectivity index (χ4v) is 3.01. The third-order valence-electron chi connectivity index (χ3n) is 4.34. The summed E-state index contributed by atoms with van der Waals surface area (Å²) in [5.41, 5.74) is 4.84. The quantitative estimate of drug-likeness (QED) is 0.532. The van der Waals surface area contributed by atoms with E-state index in [-0.39, 0.29) is 0 Å². The summed E-state index contributed by atoms with van der Waals surface area (Å²) in [5.74, 6) is 1.35. The third-order valence-corrected chi connectivity index (χ3v) is 4.59. The van der Waals surface area contributed by atoms with Crippen LogP contribution in [0.2, 0.25) is 5.02 Å². The molecule has 4 aromatic rings. The summed E-state index contributed by atoms with van der Waals surface area (Å²) in [5, 5.41) is 8.68. The van der Waals surface area contributed by atoms with Gasteiger partial charge in [0, 0.05) is 17.1 Å². The van der Waals surface area contributed by atoms with E-state index in [2.05, 4.69) is 34.5 Å². The number of aryl methyl sites for hydroxylation is 1. The van der Waals surface area contributed by atoms with Gasteiger partial charge in [0.15, 0.2) is 5.65 Å². The SMILES string of the molecule is COc1c(-c2ccc(C)cc2)nc2ccc(NCc3ccc(Cl)cc3)nn12. The maximum atomic E-state index is 5.93. The largest absolute Gasteiger partial charge is 0.479 e. The molecule has 0 fully saturated rings. The van der Waals surface area contributed by atoms with Gasteiger partial charge in [0.25, 0.3) is 0 Å². The highest BCUT2D eigenvalue weighted by Gasteiger charge is 2.16. The summed E-state index contributed by atoms with van der Waals surface area (Å²) in [7, 11) is 1.64. The van der Waals surface area contributed by atoms with Crippen LogP contribution in [0.3, 0.4) is 0 Å². The Balaban J connectivity index is 1.65. The molecule has 0 aliphatic rings. The van der Waals surface area contributed by atoms with Crippen molar-refractivity contribution in [3.05, 3.63) is 76.8 Å². The normalized spacial score (nSPS) is 10.9. The lowest BCUT2D eigenvalue weighted by molar-refractivity contribution is 0.389. The van der Waals surface area contributed by atoms with Crippen molar-refractivity contribution in [3.8, 4) is 17.1 Å².